The Labute approximate surface area is 163 Å². The molecule has 1 aliphatic carbocycles. The number of nitrogens with one attached hydrogen (secondary N) is 1. The van der Waals surface area contributed by atoms with E-state index in [4.69, 9.17) is 9.15 Å². The summed E-state index contributed by atoms with van der Waals surface area (Å²) in [4.78, 5) is 24.1. The second-order valence-corrected chi connectivity index (χ2v) is 8.49. The normalized spacial score (nSPS) is 12.9. The molecule has 2 aromatic heterocycles. The monoisotopic (exact) mass is 403 g/mol. The van der Waals surface area contributed by atoms with Gasteiger partial charge in [-0.2, -0.15) is 0 Å². The standard InChI is InChI=1S/C18H17N3O4S2/c1-2-26-18-21-20-17(27-18)19-15(22)9-24-10-6-7-12-11-4-3-5-13(11)16(23)25-14(12)8-10/h6-8H,2-5,9H2,1H3,(H,19,20,22). The number of ether oxygens (including phenoxy) is 1. The summed E-state index contributed by atoms with van der Waals surface area (Å²) >= 11 is 2.90. The number of anilines is 1. The largest absolute Gasteiger partial charge is 0.484 e. The molecule has 0 fully saturated rings. The third-order valence-electron chi connectivity index (χ3n) is 4.24. The summed E-state index contributed by atoms with van der Waals surface area (Å²) in [5.41, 5.74) is 2.07. The molecule has 1 N–H and O–H groups in total. The molecule has 0 atom stereocenters. The summed E-state index contributed by atoms with van der Waals surface area (Å²) in [6.07, 6.45) is 2.64. The Morgan fingerprint density at radius 3 is 3.04 bits per heavy atom. The molecule has 3 aromatic rings. The van der Waals surface area contributed by atoms with E-state index in [1.807, 2.05) is 13.0 Å². The number of carbonyl (C=O) groups excluding carboxylic acids is 1. The number of carbonyl (C=O) groups is 1. The first-order chi connectivity index (χ1) is 13.1. The molecule has 0 unspecified atom stereocenters. The van der Waals surface area contributed by atoms with Crippen LogP contribution in [0.4, 0.5) is 5.13 Å². The SMILES string of the molecule is CCSc1nnc(NC(=O)COc2ccc3c4c(c(=O)oc3c2)CCC4)s1. The van der Waals surface area contributed by atoms with E-state index in [0.717, 1.165) is 45.9 Å². The van der Waals surface area contributed by atoms with Crippen LogP contribution in [0.15, 0.2) is 31.8 Å². The third kappa shape index (κ3) is 3.84. The zero-order chi connectivity index (χ0) is 18.8. The van der Waals surface area contributed by atoms with E-state index in [1.165, 1.54) is 11.3 Å². The first-order valence-corrected chi connectivity index (χ1v) is 10.4. The summed E-state index contributed by atoms with van der Waals surface area (Å²) in [5, 5.41) is 12.0. The smallest absolute Gasteiger partial charge is 0.339 e. The van der Waals surface area contributed by atoms with Crippen molar-refractivity contribution in [3.8, 4) is 5.75 Å². The maximum absolute atomic E-state index is 12.1. The van der Waals surface area contributed by atoms with Gasteiger partial charge in [-0.05, 0) is 42.7 Å². The minimum atomic E-state index is -0.324. The lowest BCUT2D eigenvalue weighted by molar-refractivity contribution is -0.118. The van der Waals surface area contributed by atoms with Gasteiger partial charge in [0.15, 0.2) is 10.9 Å². The number of hydrogen-bond acceptors (Lipinski definition) is 8. The molecule has 7 nitrogen and oxygen atoms in total. The lowest BCUT2D eigenvalue weighted by atomic mass is 10.1. The molecule has 27 heavy (non-hydrogen) atoms. The maximum Gasteiger partial charge on any atom is 0.339 e. The third-order valence-corrected chi connectivity index (χ3v) is 6.09. The lowest BCUT2D eigenvalue weighted by Gasteiger charge is -2.08. The van der Waals surface area contributed by atoms with Crippen LogP contribution in [0, 0.1) is 0 Å². The Balaban J connectivity index is 1.43. The van der Waals surface area contributed by atoms with Crippen LogP contribution in [0.2, 0.25) is 0 Å². The number of rotatable bonds is 6. The van der Waals surface area contributed by atoms with Crippen LogP contribution in [0.1, 0.15) is 24.5 Å². The zero-order valence-corrected chi connectivity index (χ0v) is 16.2. The molecule has 1 aliphatic rings. The fourth-order valence-corrected chi connectivity index (χ4v) is 4.77. The van der Waals surface area contributed by atoms with Crippen molar-refractivity contribution in [2.75, 3.05) is 17.7 Å². The van der Waals surface area contributed by atoms with Crippen molar-refractivity contribution < 1.29 is 13.9 Å². The lowest BCUT2D eigenvalue weighted by Crippen LogP contribution is -2.20. The molecule has 2 heterocycles. The highest BCUT2D eigenvalue weighted by Gasteiger charge is 2.19. The fraction of sp³-hybridized carbons (Fsp3) is 0.333. The summed E-state index contributed by atoms with van der Waals surface area (Å²) in [7, 11) is 0. The maximum atomic E-state index is 12.1. The molecular formula is C18H17N3O4S2. The van der Waals surface area contributed by atoms with Crippen molar-refractivity contribution in [3.63, 3.8) is 0 Å². The Bertz CT molecular complexity index is 1060. The van der Waals surface area contributed by atoms with Gasteiger partial charge in [0, 0.05) is 17.0 Å². The molecule has 4 rings (SSSR count). The number of aromatic nitrogens is 2. The Morgan fingerprint density at radius 1 is 1.33 bits per heavy atom. The van der Waals surface area contributed by atoms with Crippen molar-refractivity contribution >= 4 is 45.1 Å². The van der Waals surface area contributed by atoms with Gasteiger partial charge in [0.2, 0.25) is 5.13 Å². The molecule has 0 aliphatic heterocycles. The number of benzene rings is 1. The van der Waals surface area contributed by atoms with Gasteiger partial charge in [-0.15, -0.1) is 10.2 Å². The van der Waals surface area contributed by atoms with Gasteiger partial charge in [0.1, 0.15) is 11.3 Å². The molecule has 9 heteroatoms. The predicted octanol–water partition coefficient (Wildman–Crippen LogP) is 3.26. The summed E-state index contributed by atoms with van der Waals surface area (Å²) in [6, 6.07) is 5.33. The predicted molar refractivity (Wildman–Crippen MR) is 105 cm³/mol. The number of hydrogen-bond donors (Lipinski definition) is 1. The quantitative estimate of drug-likeness (QED) is 0.383. The van der Waals surface area contributed by atoms with Crippen molar-refractivity contribution in [2.24, 2.45) is 0 Å². The highest BCUT2D eigenvalue weighted by atomic mass is 32.2. The molecule has 0 radical (unpaired) electrons. The van der Waals surface area contributed by atoms with Gasteiger partial charge in [-0.3, -0.25) is 10.1 Å². The number of fused-ring (bicyclic) bond motifs is 3. The van der Waals surface area contributed by atoms with Crippen LogP contribution in [0.25, 0.3) is 11.0 Å². The fourth-order valence-electron chi connectivity index (χ4n) is 3.10. The van der Waals surface area contributed by atoms with E-state index in [1.54, 1.807) is 23.9 Å². The number of aryl methyl sites for hydroxylation is 1. The highest BCUT2D eigenvalue weighted by Crippen LogP contribution is 2.29. The number of thioether (sulfide) groups is 1. The molecule has 0 bridgehead atoms. The van der Waals surface area contributed by atoms with Crippen molar-refractivity contribution in [1.82, 2.24) is 10.2 Å². The Kier molecular flexibility index (Phi) is 5.13. The molecule has 1 aromatic carbocycles. The number of amides is 1. The topological polar surface area (TPSA) is 94.3 Å². The molecule has 140 valence electrons. The molecule has 0 saturated carbocycles. The van der Waals surface area contributed by atoms with Gasteiger partial charge >= 0.3 is 5.63 Å². The minimum Gasteiger partial charge on any atom is -0.484 e. The van der Waals surface area contributed by atoms with Crippen LogP contribution < -0.4 is 15.7 Å². The van der Waals surface area contributed by atoms with Crippen molar-refractivity contribution in [1.29, 1.82) is 0 Å². The van der Waals surface area contributed by atoms with Crippen LogP contribution in [-0.2, 0) is 17.6 Å². The molecule has 1 amide bonds. The summed E-state index contributed by atoms with van der Waals surface area (Å²) in [6.45, 7) is 1.86. The molecule has 0 spiro atoms. The first-order valence-electron chi connectivity index (χ1n) is 8.61. The van der Waals surface area contributed by atoms with Crippen LogP contribution >= 0.6 is 23.1 Å². The first kappa shape index (κ1) is 18.0. The highest BCUT2D eigenvalue weighted by molar-refractivity contribution is 8.01. The van der Waals surface area contributed by atoms with E-state index in [9.17, 15) is 9.59 Å². The second-order valence-electron chi connectivity index (χ2n) is 6.00. The van der Waals surface area contributed by atoms with Gasteiger partial charge in [-0.1, -0.05) is 30.0 Å². The van der Waals surface area contributed by atoms with E-state index in [2.05, 4.69) is 15.5 Å². The van der Waals surface area contributed by atoms with Gasteiger partial charge in [0.25, 0.3) is 5.91 Å². The average Bonchev–Trinajstić information content (AvgIpc) is 3.30. The van der Waals surface area contributed by atoms with Crippen molar-refractivity contribution in [2.45, 2.75) is 30.5 Å². The minimum absolute atomic E-state index is 0.170. The molecular weight excluding hydrogens is 386 g/mol. The van der Waals surface area contributed by atoms with Gasteiger partial charge in [0.05, 0.1) is 0 Å². The van der Waals surface area contributed by atoms with E-state index in [-0.39, 0.29) is 18.1 Å². The van der Waals surface area contributed by atoms with E-state index < -0.39 is 0 Å². The van der Waals surface area contributed by atoms with E-state index in [0.29, 0.717) is 16.5 Å². The zero-order valence-electron chi connectivity index (χ0n) is 14.6. The Hall–Kier alpha value is -2.39. The van der Waals surface area contributed by atoms with Crippen LogP contribution in [-0.4, -0.2) is 28.5 Å². The summed E-state index contributed by atoms with van der Waals surface area (Å²) in [5.74, 6) is 1.04. The van der Waals surface area contributed by atoms with E-state index >= 15 is 0 Å². The van der Waals surface area contributed by atoms with Gasteiger partial charge in [-0.25, -0.2) is 4.79 Å². The molecule has 0 saturated heterocycles. The number of nitrogens with zero attached hydrogens (tertiary/aromatic N) is 2. The second kappa shape index (κ2) is 7.69. The average molecular weight is 403 g/mol. The Morgan fingerprint density at radius 2 is 2.19 bits per heavy atom. The van der Waals surface area contributed by atoms with Crippen molar-refractivity contribution in [3.05, 3.63) is 39.7 Å². The van der Waals surface area contributed by atoms with Crippen LogP contribution in [0.5, 0.6) is 5.75 Å². The van der Waals surface area contributed by atoms with Gasteiger partial charge < -0.3 is 9.15 Å². The van der Waals surface area contributed by atoms with Crippen LogP contribution in [0.3, 0.4) is 0 Å². The summed E-state index contributed by atoms with van der Waals surface area (Å²) < 4.78 is 11.8.